The van der Waals surface area contributed by atoms with Gasteiger partial charge in [0, 0.05) is 37.7 Å². The minimum Gasteiger partial charge on any atom is -0.392 e. The van der Waals surface area contributed by atoms with Crippen molar-refractivity contribution in [2.24, 2.45) is 5.92 Å². The highest BCUT2D eigenvalue weighted by Crippen LogP contribution is 2.35. The van der Waals surface area contributed by atoms with Gasteiger partial charge in [0.25, 0.3) is 0 Å². The second-order valence-electron chi connectivity index (χ2n) is 9.01. The van der Waals surface area contributed by atoms with Crippen LogP contribution in [0.2, 0.25) is 0 Å². The first-order valence-electron chi connectivity index (χ1n) is 11.2. The van der Waals surface area contributed by atoms with Gasteiger partial charge in [0.05, 0.1) is 30.6 Å². The number of aromatic nitrogens is 5. The molecule has 9 nitrogen and oxygen atoms in total. The van der Waals surface area contributed by atoms with Crippen molar-refractivity contribution >= 4 is 5.91 Å². The van der Waals surface area contributed by atoms with Crippen LogP contribution in [0.5, 0.6) is 0 Å². The van der Waals surface area contributed by atoms with Gasteiger partial charge >= 0.3 is 0 Å². The number of aliphatic hydroxyl groups excluding tert-OH is 1. The second kappa shape index (κ2) is 8.48. The molecule has 1 saturated heterocycles. The van der Waals surface area contributed by atoms with Crippen LogP contribution in [0, 0.1) is 5.92 Å². The minimum atomic E-state index is -0.414. The largest absolute Gasteiger partial charge is 0.392 e. The first kappa shape index (κ1) is 20.8. The number of rotatable bonds is 5. The van der Waals surface area contributed by atoms with Crippen LogP contribution in [-0.2, 0) is 24.4 Å². The molecule has 0 radical (unpaired) electrons. The van der Waals surface area contributed by atoms with Gasteiger partial charge in [-0.3, -0.25) is 14.8 Å². The third-order valence-electron chi connectivity index (χ3n) is 6.42. The van der Waals surface area contributed by atoms with Crippen molar-refractivity contribution in [2.75, 3.05) is 13.1 Å². The van der Waals surface area contributed by atoms with E-state index in [1.807, 2.05) is 43.1 Å². The van der Waals surface area contributed by atoms with Gasteiger partial charge in [-0.25, -0.2) is 0 Å². The number of hydrogen-bond donors (Lipinski definition) is 2. The molecule has 2 aliphatic heterocycles. The summed E-state index contributed by atoms with van der Waals surface area (Å²) >= 11 is 0. The van der Waals surface area contributed by atoms with Gasteiger partial charge in [0.15, 0.2) is 11.6 Å². The van der Waals surface area contributed by atoms with Crippen LogP contribution in [-0.4, -0.2) is 65.0 Å². The maximum Gasteiger partial charge on any atom is 0.225 e. The van der Waals surface area contributed by atoms with Crippen LogP contribution >= 0.6 is 0 Å². The van der Waals surface area contributed by atoms with Crippen molar-refractivity contribution in [3.05, 3.63) is 53.7 Å². The highest BCUT2D eigenvalue weighted by Gasteiger charge is 2.37. The number of β-amino-alcohol motifs (C(OH)–C–C–N with tert-alkyl or cyclic N) is 1. The molecule has 2 aromatic heterocycles. The molecular formula is C23H29N7O2. The normalized spacial score (nSPS) is 21.3. The van der Waals surface area contributed by atoms with E-state index in [1.54, 1.807) is 0 Å². The maximum atomic E-state index is 12.4. The molecule has 1 aromatic carbocycles. The Hall–Kier alpha value is -3.04. The lowest BCUT2D eigenvalue weighted by molar-refractivity contribution is -0.136. The van der Waals surface area contributed by atoms with Gasteiger partial charge in [-0.1, -0.05) is 44.2 Å². The fourth-order valence-corrected chi connectivity index (χ4v) is 4.81. The first-order valence-corrected chi connectivity index (χ1v) is 11.2. The second-order valence-corrected chi connectivity index (χ2v) is 9.01. The summed E-state index contributed by atoms with van der Waals surface area (Å²) in [6, 6.07) is 10.1. The van der Waals surface area contributed by atoms with Crippen molar-refractivity contribution in [3.8, 4) is 11.3 Å². The number of amides is 1. The SMILES string of the molecule is CC(C)C(=O)N1CCn2c(nnc2[C@@H]2C[C@H](O)CN2Cc2cn[nH]c2-c2ccccc2)C1. The van der Waals surface area contributed by atoms with Crippen molar-refractivity contribution in [1.82, 2.24) is 34.8 Å². The molecule has 0 saturated carbocycles. The molecule has 2 aliphatic rings. The van der Waals surface area contributed by atoms with Crippen molar-refractivity contribution < 1.29 is 9.90 Å². The average Bonchev–Trinajstić information content (AvgIpc) is 3.51. The summed E-state index contributed by atoms with van der Waals surface area (Å²) in [5.74, 6) is 1.80. The number of H-pyrrole nitrogens is 1. The fraction of sp³-hybridized carbons (Fsp3) is 0.478. The number of aromatic amines is 1. The smallest absolute Gasteiger partial charge is 0.225 e. The van der Waals surface area contributed by atoms with E-state index in [0.717, 1.165) is 28.5 Å². The standard InChI is InChI=1S/C23H29N7O2/c1-15(2)23(32)28-8-9-30-20(14-28)25-27-22(30)19-10-18(31)13-29(19)12-17-11-24-26-21(17)16-6-4-3-5-7-16/h3-7,11,15,18-19,31H,8-10,12-14H2,1-2H3,(H,24,26)/t18-,19-/m0/s1. The van der Waals surface area contributed by atoms with Crippen LogP contribution in [0.15, 0.2) is 36.5 Å². The summed E-state index contributed by atoms with van der Waals surface area (Å²) in [6.07, 6.45) is 2.06. The summed E-state index contributed by atoms with van der Waals surface area (Å²) in [6.45, 7) is 6.89. The molecule has 2 N–H and O–H groups in total. The summed E-state index contributed by atoms with van der Waals surface area (Å²) in [5, 5.41) is 26.8. The predicted octanol–water partition coefficient (Wildman–Crippen LogP) is 1.97. The Labute approximate surface area is 187 Å². The molecule has 0 aliphatic carbocycles. The number of fused-ring (bicyclic) bond motifs is 1. The van der Waals surface area contributed by atoms with E-state index >= 15 is 0 Å². The van der Waals surface area contributed by atoms with Gasteiger partial charge in [-0.05, 0) is 12.0 Å². The van der Waals surface area contributed by atoms with Crippen LogP contribution < -0.4 is 0 Å². The van der Waals surface area contributed by atoms with Crippen LogP contribution in [0.1, 0.15) is 43.5 Å². The Bertz CT molecular complexity index is 1090. The molecule has 1 fully saturated rings. The monoisotopic (exact) mass is 435 g/mol. The summed E-state index contributed by atoms with van der Waals surface area (Å²) in [4.78, 5) is 16.5. The predicted molar refractivity (Wildman–Crippen MR) is 118 cm³/mol. The molecule has 4 heterocycles. The van der Waals surface area contributed by atoms with Gasteiger partial charge < -0.3 is 14.6 Å². The lowest BCUT2D eigenvalue weighted by Gasteiger charge is -2.30. The maximum absolute atomic E-state index is 12.4. The Morgan fingerprint density at radius 2 is 2.03 bits per heavy atom. The van der Waals surface area contributed by atoms with E-state index in [4.69, 9.17) is 0 Å². The molecule has 1 amide bonds. The summed E-state index contributed by atoms with van der Waals surface area (Å²) in [7, 11) is 0. The molecular weight excluding hydrogens is 406 g/mol. The molecule has 32 heavy (non-hydrogen) atoms. The van der Waals surface area contributed by atoms with E-state index in [9.17, 15) is 9.90 Å². The average molecular weight is 436 g/mol. The number of nitrogens with zero attached hydrogens (tertiary/aromatic N) is 6. The highest BCUT2D eigenvalue weighted by molar-refractivity contribution is 5.78. The van der Waals surface area contributed by atoms with E-state index < -0.39 is 6.10 Å². The number of hydrogen-bond acceptors (Lipinski definition) is 6. The van der Waals surface area contributed by atoms with Crippen molar-refractivity contribution in [3.63, 3.8) is 0 Å². The zero-order chi connectivity index (χ0) is 22.2. The number of carbonyl (C=O) groups excluding carboxylic acids is 1. The summed E-state index contributed by atoms with van der Waals surface area (Å²) < 4.78 is 2.13. The van der Waals surface area contributed by atoms with Gasteiger partial charge in [-0.2, -0.15) is 5.10 Å². The van der Waals surface area contributed by atoms with Crippen molar-refractivity contribution in [1.29, 1.82) is 0 Å². The topological polar surface area (TPSA) is 103 Å². The minimum absolute atomic E-state index is 0.0295. The fourth-order valence-electron chi connectivity index (χ4n) is 4.81. The molecule has 9 heteroatoms. The summed E-state index contributed by atoms with van der Waals surface area (Å²) in [5.41, 5.74) is 3.17. The Balaban J connectivity index is 1.38. The van der Waals surface area contributed by atoms with Crippen molar-refractivity contribution in [2.45, 2.75) is 52.0 Å². The first-order chi connectivity index (χ1) is 15.5. The van der Waals surface area contributed by atoms with E-state index in [2.05, 4.69) is 42.0 Å². The lowest BCUT2D eigenvalue weighted by atomic mass is 10.1. The van der Waals surface area contributed by atoms with E-state index in [0.29, 0.717) is 39.1 Å². The number of carbonyl (C=O) groups is 1. The molecule has 5 rings (SSSR count). The van der Waals surface area contributed by atoms with Gasteiger partial charge in [-0.15, -0.1) is 10.2 Å². The van der Waals surface area contributed by atoms with E-state index in [1.165, 1.54) is 0 Å². The van der Waals surface area contributed by atoms with Crippen LogP contribution in [0.25, 0.3) is 11.3 Å². The zero-order valence-corrected chi connectivity index (χ0v) is 18.5. The Morgan fingerprint density at radius 3 is 2.81 bits per heavy atom. The third kappa shape index (κ3) is 3.82. The van der Waals surface area contributed by atoms with Crippen LogP contribution in [0.4, 0.5) is 0 Å². The molecule has 168 valence electrons. The number of nitrogens with one attached hydrogen (secondary N) is 1. The molecule has 0 spiro atoms. The van der Waals surface area contributed by atoms with Gasteiger partial charge in [0.1, 0.15) is 0 Å². The van der Waals surface area contributed by atoms with Crippen LogP contribution in [0.3, 0.4) is 0 Å². The third-order valence-corrected chi connectivity index (χ3v) is 6.42. The number of likely N-dealkylation sites (tertiary alicyclic amines) is 1. The zero-order valence-electron chi connectivity index (χ0n) is 18.5. The lowest BCUT2D eigenvalue weighted by Crippen LogP contribution is -2.41. The number of aliphatic hydroxyl groups is 1. The molecule has 3 aromatic rings. The highest BCUT2D eigenvalue weighted by atomic mass is 16.3. The molecule has 0 unspecified atom stereocenters. The number of benzene rings is 1. The Kier molecular flexibility index (Phi) is 5.52. The molecule has 2 atom stereocenters. The quantitative estimate of drug-likeness (QED) is 0.635. The van der Waals surface area contributed by atoms with E-state index in [-0.39, 0.29) is 17.9 Å². The van der Waals surface area contributed by atoms with Gasteiger partial charge in [0.2, 0.25) is 5.91 Å². The Morgan fingerprint density at radius 1 is 1.22 bits per heavy atom. The molecule has 0 bridgehead atoms.